The second-order valence-corrected chi connectivity index (χ2v) is 6.82. The number of benzene rings is 1. The Bertz CT molecular complexity index is 877. The van der Waals surface area contributed by atoms with Gasteiger partial charge in [0.2, 0.25) is 11.8 Å². The molecule has 0 spiro atoms. The van der Waals surface area contributed by atoms with Crippen LogP contribution in [-0.4, -0.2) is 34.5 Å². The number of unbranched alkanes of at least 4 members (excludes halogenated alkanes) is 3. The van der Waals surface area contributed by atoms with Gasteiger partial charge >= 0.3 is 0 Å². The zero-order valence-electron chi connectivity index (χ0n) is 19.6. The van der Waals surface area contributed by atoms with Crippen molar-refractivity contribution >= 4 is 23.7 Å². The van der Waals surface area contributed by atoms with Gasteiger partial charge in [-0.05, 0) is 25.0 Å². The number of carbonyl (C=O) groups excluding carboxylic acids is 2. The fourth-order valence-electron chi connectivity index (χ4n) is 2.68. The van der Waals surface area contributed by atoms with Gasteiger partial charge in [0, 0.05) is 48.3 Å². The normalized spacial score (nSPS) is 9.88. The second-order valence-electron chi connectivity index (χ2n) is 6.82. The lowest BCUT2D eigenvalue weighted by Gasteiger charge is -2.03. The highest BCUT2D eigenvalue weighted by Crippen LogP contribution is 2.22. The van der Waals surface area contributed by atoms with Crippen molar-refractivity contribution in [3.8, 4) is 11.3 Å². The van der Waals surface area contributed by atoms with Crippen LogP contribution in [0.25, 0.3) is 11.3 Å². The first kappa shape index (κ1) is 29.2. The zero-order valence-corrected chi connectivity index (χ0v) is 19.6. The van der Waals surface area contributed by atoms with Crippen molar-refractivity contribution in [3.63, 3.8) is 0 Å². The van der Waals surface area contributed by atoms with E-state index in [2.05, 4.69) is 15.3 Å². The number of aromatic nitrogens is 2. The minimum absolute atomic E-state index is 0.133. The average molecular weight is 459 g/mol. The minimum Gasteiger partial charge on any atom is -0.403 e. The number of anilines is 1. The number of nitrogens with zero attached hydrogens (tertiary/aromatic N) is 1. The molecule has 0 aliphatic rings. The number of H-pyrrole nitrogens is 1. The molecule has 182 valence electrons. The number of carbonyl (C=O) groups is 2. The number of nitrogens with one attached hydrogen (secondary N) is 3. The molecular weight excluding hydrogens is 420 g/mol. The number of amides is 2. The number of rotatable bonds is 12. The van der Waals surface area contributed by atoms with Crippen LogP contribution in [-0.2, 0) is 16.0 Å². The molecule has 11 N–H and O–H groups in total. The summed E-state index contributed by atoms with van der Waals surface area (Å²) >= 11 is 0. The first-order valence-electron chi connectivity index (χ1n) is 11.0. The second kappa shape index (κ2) is 17.8. The number of hydrogen-bond acceptors (Lipinski definition) is 7. The van der Waals surface area contributed by atoms with Crippen LogP contribution < -0.4 is 28.3 Å². The maximum absolute atomic E-state index is 10.6. The third-order valence-electron chi connectivity index (χ3n) is 4.26. The topological polar surface area (TPSA) is 203 Å². The Morgan fingerprint density at radius 1 is 1.12 bits per heavy atom. The molecule has 0 aliphatic carbocycles. The van der Waals surface area contributed by atoms with Gasteiger partial charge in [-0.25, -0.2) is 4.98 Å². The van der Waals surface area contributed by atoms with Crippen LogP contribution in [0, 0.1) is 5.41 Å². The van der Waals surface area contributed by atoms with Crippen molar-refractivity contribution in [2.24, 2.45) is 17.2 Å². The summed E-state index contributed by atoms with van der Waals surface area (Å²) in [5, 5.41) is 9.92. The van der Waals surface area contributed by atoms with Gasteiger partial charge in [-0.15, -0.1) is 0 Å². The lowest BCUT2D eigenvalue weighted by atomic mass is 10.1. The molecule has 33 heavy (non-hydrogen) atoms. The van der Waals surface area contributed by atoms with E-state index >= 15 is 0 Å². The lowest BCUT2D eigenvalue weighted by Crippen LogP contribution is -2.24. The molecule has 2 amide bonds. The van der Waals surface area contributed by atoms with E-state index in [4.69, 9.17) is 28.3 Å². The first-order valence-corrected chi connectivity index (χ1v) is 11.0. The number of nitrogens with two attached hydrogens (primary N) is 4. The van der Waals surface area contributed by atoms with E-state index in [1.54, 1.807) is 6.07 Å². The van der Waals surface area contributed by atoms with Gasteiger partial charge in [-0.3, -0.25) is 9.59 Å². The Labute approximate surface area is 195 Å². The monoisotopic (exact) mass is 458 g/mol. The Morgan fingerprint density at radius 2 is 1.82 bits per heavy atom. The van der Waals surface area contributed by atoms with Gasteiger partial charge < -0.3 is 38.6 Å². The number of primary amides is 2. The number of hydrogen-bond donors (Lipinski definition) is 7. The molecule has 2 rings (SSSR count). The highest BCUT2D eigenvalue weighted by molar-refractivity contribution is 5.87. The summed E-state index contributed by atoms with van der Waals surface area (Å²) in [5.74, 6) is 0.319. The maximum Gasteiger partial charge on any atom is 0.236 e. The largest absolute Gasteiger partial charge is 0.403 e. The van der Waals surface area contributed by atoms with Crippen molar-refractivity contribution in [2.45, 2.75) is 52.4 Å². The van der Waals surface area contributed by atoms with Crippen molar-refractivity contribution in [3.05, 3.63) is 48.2 Å². The molecule has 10 heteroatoms. The van der Waals surface area contributed by atoms with E-state index in [1.165, 1.54) is 18.6 Å². The molecule has 0 bridgehead atoms. The Kier molecular flexibility index (Phi) is 15.8. The third-order valence-corrected chi connectivity index (χ3v) is 4.26. The molecule has 1 heterocycles. The smallest absolute Gasteiger partial charge is 0.236 e. The van der Waals surface area contributed by atoms with E-state index in [9.17, 15) is 9.59 Å². The summed E-state index contributed by atoms with van der Waals surface area (Å²) < 4.78 is 0. The Balaban J connectivity index is 0.000000868. The molecule has 10 nitrogen and oxygen atoms in total. The summed E-state index contributed by atoms with van der Waals surface area (Å²) in [6.45, 7) is 4.13. The molecule has 0 saturated heterocycles. The molecule has 0 fully saturated rings. The van der Waals surface area contributed by atoms with Crippen molar-refractivity contribution in [1.29, 1.82) is 5.41 Å². The molecular formula is C23H38N8O2. The number of aryl methyl sites for hydroxylation is 1. The molecule has 1 aromatic heterocycles. The summed E-state index contributed by atoms with van der Waals surface area (Å²) in [5.41, 5.74) is 23.8. The van der Waals surface area contributed by atoms with Crippen LogP contribution in [0.15, 0.2) is 36.8 Å². The molecule has 0 atom stereocenters. The highest BCUT2D eigenvalue weighted by atomic mass is 16.1. The van der Waals surface area contributed by atoms with Gasteiger partial charge in [-0.2, -0.15) is 0 Å². The van der Waals surface area contributed by atoms with Gasteiger partial charge in [-0.1, -0.05) is 32.8 Å². The van der Waals surface area contributed by atoms with E-state index in [-0.39, 0.29) is 12.5 Å². The number of imidazole rings is 1. The Morgan fingerprint density at radius 3 is 2.42 bits per heavy atom. The number of aromatic amines is 1. The Hall–Kier alpha value is -3.82. The van der Waals surface area contributed by atoms with Gasteiger partial charge in [0.15, 0.2) is 0 Å². The molecule has 0 aliphatic heterocycles. The van der Waals surface area contributed by atoms with Crippen LogP contribution in [0.3, 0.4) is 0 Å². The SMILES string of the molecule is CC.N/C=C\NCC(N)=O.N=Cc1cc(-c2cnc(CCCCCCC(N)=O)[nH]2)ccc1N. The molecule has 2 aromatic rings. The van der Waals surface area contributed by atoms with E-state index in [0.717, 1.165) is 49.2 Å². The van der Waals surface area contributed by atoms with E-state index in [1.807, 2.05) is 32.2 Å². The van der Waals surface area contributed by atoms with Gasteiger partial charge in [0.25, 0.3) is 0 Å². The van der Waals surface area contributed by atoms with Gasteiger partial charge in [0.05, 0.1) is 18.4 Å². The predicted molar refractivity (Wildman–Crippen MR) is 134 cm³/mol. The van der Waals surface area contributed by atoms with Crippen molar-refractivity contribution in [1.82, 2.24) is 15.3 Å². The lowest BCUT2D eigenvalue weighted by molar-refractivity contribution is -0.118. The van der Waals surface area contributed by atoms with Crippen LogP contribution in [0.1, 0.15) is 57.3 Å². The summed E-state index contributed by atoms with van der Waals surface area (Å²) in [6, 6.07) is 5.60. The van der Waals surface area contributed by atoms with Crippen LogP contribution >= 0.6 is 0 Å². The van der Waals surface area contributed by atoms with E-state index < -0.39 is 5.91 Å². The summed E-state index contributed by atoms with van der Waals surface area (Å²) in [7, 11) is 0. The molecule has 0 saturated carbocycles. The maximum atomic E-state index is 10.6. The molecule has 1 aromatic carbocycles. The van der Waals surface area contributed by atoms with Gasteiger partial charge in [0.1, 0.15) is 5.82 Å². The molecule has 0 unspecified atom stereocenters. The van der Waals surface area contributed by atoms with Crippen molar-refractivity contribution in [2.75, 3.05) is 12.3 Å². The van der Waals surface area contributed by atoms with Crippen LogP contribution in [0.4, 0.5) is 5.69 Å². The quantitative estimate of drug-likeness (QED) is 0.144. The van der Waals surface area contributed by atoms with Crippen molar-refractivity contribution < 1.29 is 9.59 Å². The fraction of sp³-hybridized carbons (Fsp3) is 0.391. The summed E-state index contributed by atoms with van der Waals surface area (Å²) in [6.07, 6.45) is 11.1. The van der Waals surface area contributed by atoms with Crippen LogP contribution in [0.2, 0.25) is 0 Å². The zero-order chi connectivity index (χ0) is 25.1. The number of nitrogen functional groups attached to an aromatic ring is 1. The minimum atomic E-state index is -0.400. The first-order chi connectivity index (χ1) is 15.9. The average Bonchev–Trinajstić information content (AvgIpc) is 3.27. The third kappa shape index (κ3) is 13.2. The fourth-order valence-corrected chi connectivity index (χ4v) is 2.68. The predicted octanol–water partition coefficient (Wildman–Crippen LogP) is 2.15. The molecule has 0 radical (unpaired) electrons. The standard InChI is InChI=1S/C17H23N5O.C4H9N3O.C2H6/c18-10-13-9-12(7-8-14(13)19)15-11-21-17(22-15)6-4-2-1-3-5-16(20)23;5-1-2-7-3-4(6)8;1-2/h7-11,18H,1-6,19H2,(H2,20,23)(H,21,22);1-2,7H,3,5H2,(H2,6,8);1-2H3/b;2-1-;. The van der Waals surface area contributed by atoms with Crippen LogP contribution in [0.5, 0.6) is 0 Å². The summed E-state index contributed by atoms with van der Waals surface area (Å²) in [4.78, 5) is 28.3. The highest BCUT2D eigenvalue weighted by Gasteiger charge is 2.06. The van der Waals surface area contributed by atoms with E-state index in [0.29, 0.717) is 17.7 Å².